The number of hydrogen-bond acceptors (Lipinski definition) is 4. The molecule has 1 heterocycles. The summed E-state index contributed by atoms with van der Waals surface area (Å²) in [7, 11) is 1.71. The molecule has 0 aliphatic carbocycles. The van der Waals surface area contributed by atoms with E-state index in [4.69, 9.17) is 9.47 Å². The van der Waals surface area contributed by atoms with Gasteiger partial charge < -0.3 is 14.8 Å². The van der Waals surface area contributed by atoms with Gasteiger partial charge in [0.05, 0.1) is 13.7 Å². The molecule has 0 aromatic heterocycles. The molecule has 1 saturated heterocycles. The van der Waals surface area contributed by atoms with Crippen LogP contribution in [-0.4, -0.2) is 43.7 Å². The van der Waals surface area contributed by atoms with Crippen molar-refractivity contribution in [3.63, 3.8) is 0 Å². The summed E-state index contributed by atoms with van der Waals surface area (Å²) in [4.78, 5) is 14.6. The summed E-state index contributed by atoms with van der Waals surface area (Å²) in [6.07, 6.45) is 3.21. The number of para-hydroxylation sites is 2. The van der Waals surface area contributed by atoms with Crippen molar-refractivity contribution in [3.8, 4) is 11.5 Å². The first-order chi connectivity index (χ1) is 13.7. The third-order valence-corrected chi connectivity index (χ3v) is 5.10. The van der Waals surface area contributed by atoms with Gasteiger partial charge in [-0.15, -0.1) is 0 Å². The maximum absolute atomic E-state index is 12.2. The molecule has 2 aromatic carbocycles. The lowest BCUT2D eigenvalue weighted by Crippen LogP contribution is -2.44. The monoisotopic (exact) mass is 382 g/mol. The number of nitrogens with zero attached hydrogens (tertiary/aromatic N) is 1. The van der Waals surface area contributed by atoms with E-state index in [-0.39, 0.29) is 11.9 Å². The fraction of sp³-hybridized carbons (Fsp3) is 0.435. The second kappa shape index (κ2) is 10.7. The van der Waals surface area contributed by atoms with Gasteiger partial charge in [0, 0.05) is 37.7 Å². The summed E-state index contributed by atoms with van der Waals surface area (Å²) in [6.45, 7) is 3.43. The zero-order valence-electron chi connectivity index (χ0n) is 16.6. The standard InChI is InChI=1S/C23H30N2O3/c1-27-22-11-6-5-8-19(22)18-25-15-13-20(14-16-25)24-23(26)12-7-17-28-21-9-3-2-4-10-21/h2-6,8-11,20H,7,12-18H2,1H3,(H,24,26). The maximum atomic E-state index is 12.2. The number of carbonyl (C=O) groups excluding carboxylic acids is 1. The summed E-state index contributed by atoms with van der Waals surface area (Å²) in [5, 5.41) is 3.18. The topological polar surface area (TPSA) is 50.8 Å². The van der Waals surface area contributed by atoms with Gasteiger partial charge in [0.1, 0.15) is 11.5 Å². The Morgan fingerprint density at radius 3 is 2.54 bits per heavy atom. The Morgan fingerprint density at radius 2 is 1.79 bits per heavy atom. The highest BCUT2D eigenvalue weighted by Gasteiger charge is 2.21. The van der Waals surface area contributed by atoms with E-state index in [1.807, 2.05) is 48.5 Å². The van der Waals surface area contributed by atoms with E-state index in [1.54, 1.807) is 7.11 Å². The molecule has 1 fully saturated rings. The highest BCUT2D eigenvalue weighted by atomic mass is 16.5. The van der Waals surface area contributed by atoms with Crippen LogP contribution in [0.1, 0.15) is 31.2 Å². The number of hydrogen-bond donors (Lipinski definition) is 1. The predicted octanol–water partition coefficient (Wildman–Crippen LogP) is 3.64. The minimum absolute atomic E-state index is 0.125. The molecule has 1 aliphatic heterocycles. The number of rotatable bonds is 9. The molecule has 0 unspecified atom stereocenters. The number of benzene rings is 2. The van der Waals surface area contributed by atoms with Crippen LogP contribution in [0.5, 0.6) is 11.5 Å². The Bertz CT molecular complexity index is 728. The van der Waals surface area contributed by atoms with Gasteiger partial charge in [-0.2, -0.15) is 0 Å². The highest BCUT2D eigenvalue weighted by Crippen LogP contribution is 2.21. The molecular formula is C23H30N2O3. The minimum atomic E-state index is 0.125. The van der Waals surface area contributed by atoms with Gasteiger partial charge >= 0.3 is 0 Å². The molecule has 2 aromatic rings. The van der Waals surface area contributed by atoms with Crippen LogP contribution in [0.2, 0.25) is 0 Å². The molecule has 0 bridgehead atoms. The van der Waals surface area contributed by atoms with Crippen molar-refractivity contribution in [1.82, 2.24) is 10.2 Å². The van der Waals surface area contributed by atoms with E-state index in [2.05, 4.69) is 16.3 Å². The second-order valence-electron chi connectivity index (χ2n) is 7.19. The first-order valence-electron chi connectivity index (χ1n) is 10.1. The average molecular weight is 383 g/mol. The summed E-state index contributed by atoms with van der Waals surface area (Å²) in [5.41, 5.74) is 1.21. The molecule has 1 aliphatic rings. The molecular weight excluding hydrogens is 352 g/mol. The molecule has 150 valence electrons. The van der Waals surface area contributed by atoms with Gasteiger partial charge in [-0.25, -0.2) is 0 Å². The van der Waals surface area contributed by atoms with E-state index in [9.17, 15) is 4.79 Å². The number of likely N-dealkylation sites (tertiary alicyclic amines) is 1. The van der Waals surface area contributed by atoms with Crippen LogP contribution < -0.4 is 14.8 Å². The van der Waals surface area contributed by atoms with Crippen LogP contribution in [0.15, 0.2) is 54.6 Å². The Hall–Kier alpha value is -2.53. The van der Waals surface area contributed by atoms with E-state index in [1.165, 1.54) is 5.56 Å². The van der Waals surface area contributed by atoms with Crippen molar-refractivity contribution in [1.29, 1.82) is 0 Å². The van der Waals surface area contributed by atoms with Crippen LogP contribution in [0, 0.1) is 0 Å². The number of methoxy groups -OCH3 is 1. The van der Waals surface area contributed by atoms with Crippen LogP contribution in [0.25, 0.3) is 0 Å². The summed E-state index contributed by atoms with van der Waals surface area (Å²) >= 11 is 0. The molecule has 0 atom stereocenters. The molecule has 1 amide bonds. The fourth-order valence-electron chi connectivity index (χ4n) is 3.55. The van der Waals surface area contributed by atoms with Crippen molar-refractivity contribution in [2.45, 2.75) is 38.3 Å². The zero-order chi connectivity index (χ0) is 19.6. The Kier molecular flexibility index (Phi) is 7.73. The van der Waals surface area contributed by atoms with Crippen molar-refractivity contribution in [2.75, 3.05) is 26.8 Å². The molecule has 5 heteroatoms. The average Bonchev–Trinajstić information content (AvgIpc) is 2.74. The van der Waals surface area contributed by atoms with Gasteiger partial charge in [0.25, 0.3) is 0 Å². The van der Waals surface area contributed by atoms with Gasteiger partial charge in [-0.1, -0.05) is 36.4 Å². The number of carbonyl (C=O) groups is 1. The molecule has 1 N–H and O–H groups in total. The van der Waals surface area contributed by atoms with Gasteiger partial charge in [-0.05, 0) is 37.5 Å². The first kappa shape index (κ1) is 20.2. The minimum Gasteiger partial charge on any atom is -0.496 e. The van der Waals surface area contributed by atoms with Crippen LogP contribution in [0.4, 0.5) is 0 Å². The smallest absolute Gasteiger partial charge is 0.220 e. The second-order valence-corrected chi connectivity index (χ2v) is 7.19. The summed E-state index contributed by atoms with van der Waals surface area (Å²) in [6, 6.07) is 18.1. The lowest BCUT2D eigenvalue weighted by atomic mass is 10.0. The van der Waals surface area contributed by atoms with Crippen molar-refractivity contribution < 1.29 is 14.3 Å². The van der Waals surface area contributed by atoms with Crippen molar-refractivity contribution in [2.24, 2.45) is 0 Å². The van der Waals surface area contributed by atoms with Crippen LogP contribution in [0.3, 0.4) is 0 Å². The third kappa shape index (κ3) is 6.27. The van der Waals surface area contributed by atoms with E-state index in [0.29, 0.717) is 13.0 Å². The fourth-order valence-corrected chi connectivity index (χ4v) is 3.55. The van der Waals surface area contributed by atoms with Crippen LogP contribution in [-0.2, 0) is 11.3 Å². The predicted molar refractivity (Wildman–Crippen MR) is 111 cm³/mol. The quantitative estimate of drug-likeness (QED) is 0.673. The summed E-state index contributed by atoms with van der Waals surface area (Å²) < 4.78 is 11.1. The lowest BCUT2D eigenvalue weighted by Gasteiger charge is -2.32. The van der Waals surface area contributed by atoms with Crippen molar-refractivity contribution >= 4 is 5.91 Å². The molecule has 0 spiro atoms. The molecule has 28 heavy (non-hydrogen) atoms. The maximum Gasteiger partial charge on any atom is 0.220 e. The number of ether oxygens (including phenoxy) is 2. The normalized spacial score (nSPS) is 15.2. The zero-order valence-corrected chi connectivity index (χ0v) is 16.6. The Morgan fingerprint density at radius 1 is 1.07 bits per heavy atom. The first-order valence-corrected chi connectivity index (χ1v) is 10.1. The van der Waals surface area contributed by atoms with E-state index < -0.39 is 0 Å². The van der Waals surface area contributed by atoms with Gasteiger partial charge in [0.2, 0.25) is 5.91 Å². The molecule has 3 rings (SSSR count). The lowest BCUT2D eigenvalue weighted by molar-refractivity contribution is -0.122. The number of piperidine rings is 1. The molecule has 0 radical (unpaired) electrons. The van der Waals surface area contributed by atoms with Crippen LogP contribution >= 0.6 is 0 Å². The van der Waals surface area contributed by atoms with E-state index >= 15 is 0 Å². The van der Waals surface area contributed by atoms with Gasteiger partial charge in [-0.3, -0.25) is 9.69 Å². The van der Waals surface area contributed by atoms with Gasteiger partial charge in [0.15, 0.2) is 0 Å². The molecule has 0 saturated carbocycles. The Balaban J connectivity index is 1.32. The highest BCUT2D eigenvalue weighted by molar-refractivity contribution is 5.76. The van der Waals surface area contributed by atoms with E-state index in [0.717, 1.165) is 50.4 Å². The number of amides is 1. The van der Waals surface area contributed by atoms with Crippen molar-refractivity contribution in [3.05, 3.63) is 60.2 Å². The summed E-state index contributed by atoms with van der Waals surface area (Å²) in [5.74, 6) is 1.92. The SMILES string of the molecule is COc1ccccc1CN1CCC(NC(=O)CCCOc2ccccc2)CC1. The molecule has 5 nitrogen and oxygen atoms in total. The third-order valence-electron chi connectivity index (χ3n) is 5.10. The number of nitrogens with one attached hydrogen (secondary N) is 1. The Labute approximate surface area is 167 Å². The largest absolute Gasteiger partial charge is 0.496 e.